The third-order valence-corrected chi connectivity index (χ3v) is 5.42. The molecule has 9 heteroatoms. The summed E-state index contributed by atoms with van der Waals surface area (Å²) in [5, 5.41) is 2.22. The second-order valence-corrected chi connectivity index (χ2v) is 8.04. The Balaban J connectivity index is 1.65. The first kappa shape index (κ1) is 21.3. The van der Waals surface area contributed by atoms with E-state index in [1.54, 1.807) is 37.3 Å². The fourth-order valence-corrected chi connectivity index (χ4v) is 3.74. The Bertz CT molecular complexity index is 1170. The molecule has 0 saturated carbocycles. The van der Waals surface area contributed by atoms with E-state index in [4.69, 9.17) is 4.74 Å². The van der Waals surface area contributed by atoms with Crippen molar-refractivity contribution in [1.29, 1.82) is 0 Å². The number of amides is 1. The number of nitrogens with one attached hydrogen (secondary N) is 2. The molecule has 3 aromatic rings. The lowest BCUT2D eigenvalue weighted by Gasteiger charge is -2.12. The second kappa shape index (κ2) is 8.91. The van der Waals surface area contributed by atoms with Gasteiger partial charge in [0.05, 0.1) is 10.6 Å². The number of hydrogen-bond acceptors (Lipinski definition) is 4. The highest BCUT2D eigenvalue weighted by Gasteiger charge is 2.16. The van der Waals surface area contributed by atoms with Crippen molar-refractivity contribution in [3.8, 4) is 5.75 Å². The largest absolute Gasteiger partial charge is 0.483 e. The minimum atomic E-state index is -3.80. The number of aryl methyl sites for hydroxylation is 1. The molecule has 0 saturated heterocycles. The predicted molar refractivity (Wildman–Crippen MR) is 109 cm³/mol. The fourth-order valence-electron chi connectivity index (χ4n) is 2.59. The van der Waals surface area contributed by atoms with Crippen molar-refractivity contribution < 1.29 is 26.7 Å². The van der Waals surface area contributed by atoms with E-state index in [1.807, 2.05) is 0 Å². The molecule has 0 spiro atoms. The molecular weight excluding hydrogens is 414 g/mol. The molecule has 3 rings (SSSR count). The summed E-state index contributed by atoms with van der Waals surface area (Å²) in [4.78, 5) is 12.0. The molecular formula is C21H18F2N2O4S. The van der Waals surface area contributed by atoms with E-state index in [2.05, 4.69) is 10.0 Å². The van der Waals surface area contributed by atoms with Crippen molar-refractivity contribution in [3.05, 3.63) is 83.9 Å². The Hall–Kier alpha value is -3.46. The van der Waals surface area contributed by atoms with Crippen LogP contribution in [0.4, 0.5) is 20.2 Å². The third-order valence-electron chi connectivity index (χ3n) is 4.04. The van der Waals surface area contributed by atoms with Gasteiger partial charge in [0.15, 0.2) is 6.61 Å². The standard InChI is InChI=1S/C21H18F2N2O4S/c1-14-11-17(30(27,28)25-16-5-3-2-4-6-16)8-10-20(14)29-13-21(26)24-19-12-15(22)7-9-18(19)23/h2-12,25H,13H2,1H3,(H,24,26). The fraction of sp³-hybridized carbons (Fsp3) is 0.0952. The number of carbonyl (C=O) groups is 1. The zero-order valence-electron chi connectivity index (χ0n) is 15.9. The number of anilines is 2. The normalized spacial score (nSPS) is 11.0. The van der Waals surface area contributed by atoms with E-state index in [9.17, 15) is 22.0 Å². The monoisotopic (exact) mass is 432 g/mol. The van der Waals surface area contributed by atoms with Crippen molar-refractivity contribution >= 4 is 27.3 Å². The average molecular weight is 432 g/mol. The van der Waals surface area contributed by atoms with Gasteiger partial charge < -0.3 is 10.1 Å². The van der Waals surface area contributed by atoms with E-state index in [1.165, 1.54) is 18.2 Å². The minimum absolute atomic E-state index is 0.0301. The molecule has 6 nitrogen and oxygen atoms in total. The molecule has 0 aromatic heterocycles. The van der Waals surface area contributed by atoms with Gasteiger partial charge in [0, 0.05) is 11.8 Å². The van der Waals surface area contributed by atoms with Crippen molar-refractivity contribution in [2.75, 3.05) is 16.6 Å². The summed E-state index contributed by atoms with van der Waals surface area (Å²) in [7, 11) is -3.80. The number of rotatable bonds is 7. The number of para-hydroxylation sites is 1. The SMILES string of the molecule is Cc1cc(S(=O)(=O)Nc2ccccc2)ccc1OCC(=O)Nc1cc(F)ccc1F. The first-order valence-electron chi connectivity index (χ1n) is 8.81. The van der Waals surface area contributed by atoms with Crippen LogP contribution in [-0.2, 0) is 14.8 Å². The lowest BCUT2D eigenvalue weighted by Crippen LogP contribution is -2.21. The Kier molecular flexibility index (Phi) is 6.31. The summed E-state index contributed by atoms with van der Waals surface area (Å²) in [6.07, 6.45) is 0. The smallest absolute Gasteiger partial charge is 0.262 e. The summed E-state index contributed by atoms with van der Waals surface area (Å²) in [5.41, 5.74) is 0.612. The molecule has 156 valence electrons. The van der Waals surface area contributed by atoms with Crippen LogP contribution in [0.1, 0.15) is 5.56 Å². The second-order valence-electron chi connectivity index (χ2n) is 6.36. The number of benzene rings is 3. The molecule has 1 amide bonds. The van der Waals surface area contributed by atoms with Crippen LogP contribution in [0.3, 0.4) is 0 Å². The summed E-state index contributed by atoms with van der Waals surface area (Å²) in [6, 6.07) is 15.3. The van der Waals surface area contributed by atoms with Crippen LogP contribution in [-0.4, -0.2) is 20.9 Å². The van der Waals surface area contributed by atoms with Gasteiger partial charge >= 0.3 is 0 Å². The van der Waals surface area contributed by atoms with Crippen LogP contribution in [0, 0.1) is 18.6 Å². The number of halogens is 2. The van der Waals surface area contributed by atoms with E-state index in [0.29, 0.717) is 11.3 Å². The van der Waals surface area contributed by atoms with Gasteiger partial charge in [-0.3, -0.25) is 9.52 Å². The number of carbonyl (C=O) groups excluding carboxylic acids is 1. The van der Waals surface area contributed by atoms with Crippen molar-refractivity contribution in [3.63, 3.8) is 0 Å². The van der Waals surface area contributed by atoms with Crippen LogP contribution in [0.5, 0.6) is 5.75 Å². The van der Waals surface area contributed by atoms with Crippen molar-refractivity contribution in [2.45, 2.75) is 11.8 Å². The maximum atomic E-state index is 13.6. The van der Waals surface area contributed by atoms with Crippen molar-refractivity contribution in [2.24, 2.45) is 0 Å². The lowest BCUT2D eigenvalue weighted by molar-refractivity contribution is -0.118. The number of hydrogen-bond donors (Lipinski definition) is 2. The highest BCUT2D eigenvalue weighted by atomic mass is 32.2. The van der Waals surface area contributed by atoms with Gasteiger partial charge in [-0.1, -0.05) is 18.2 Å². The van der Waals surface area contributed by atoms with Gasteiger partial charge in [-0.15, -0.1) is 0 Å². The summed E-state index contributed by atoms with van der Waals surface area (Å²) in [6.45, 7) is 1.16. The van der Waals surface area contributed by atoms with Crippen LogP contribution in [0.25, 0.3) is 0 Å². The molecule has 0 bridgehead atoms. The number of ether oxygens (including phenoxy) is 1. The molecule has 0 atom stereocenters. The molecule has 0 aliphatic heterocycles. The Labute approximate surface area is 172 Å². The molecule has 0 aliphatic rings. The predicted octanol–water partition coefficient (Wildman–Crippen LogP) is 4.09. The topological polar surface area (TPSA) is 84.5 Å². The van der Waals surface area contributed by atoms with Crippen molar-refractivity contribution in [1.82, 2.24) is 0 Å². The van der Waals surface area contributed by atoms with Crippen LogP contribution >= 0.6 is 0 Å². The Morgan fingerprint density at radius 1 is 1.00 bits per heavy atom. The molecule has 30 heavy (non-hydrogen) atoms. The van der Waals surface area contributed by atoms with E-state index in [-0.39, 0.29) is 16.3 Å². The summed E-state index contributed by atoms with van der Waals surface area (Å²) < 4.78 is 59.6. The minimum Gasteiger partial charge on any atom is -0.483 e. The molecule has 0 heterocycles. The number of sulfonamides is 1. The molecule has 0 aliphatic carbocycles. The Morgan fingerprint density at radius 2 is 1.73 bits per heavy atom. The van der Waals surface area contributed by atoms with Gasteiger partial charge in [-0.2, -0.15) is 0 Å². The van der Waals surface area contributed by atoms with E-state index in [0.717, 1.165) is 18.2 Å². The molecule has 0 fully saturated rings. The zero-order chi connectivity index (χ0) is 21.7. The molecule has 0 radical (unpaired) electrons. The molecule has 0 unspecified atom stereocenters. The molecule has 3 aromatic carbocycles. The highest BCUT2D eigenvalue weighted by molar-refractivity contribution is 7.92. The van der Waals surface area contributed by atoms with Crippen LogP contribution < -0.4 is 14.8 Å². The summed E-state index contributed by atoms with van der Waals surface area (Å²) >= 11 is 0. The maximum Gasteiger partial charge on any atom is 0.262 e. The van der Waals surface area contributed by atoms with E-state index >= 15 is 0 Å². The first-order chi connectivity index (χ1) is 14.2. The van der Waals surface area contributed by atoms with Gasteiger partial charge in [0.2, 0.25) is 0 Å². The van der Waals surface area contributed by atoms with Gasteiger partial charge in [-0.25, -0.2) is 17.2 Å². The van der Waals surface area contributed by atoms with Gasteiger partial charge in [0.1, 0.15) is 17.4 Å². The molecule has 2 N–H and O–H groups in total. The lowest BCUT2D eigenvalue weighted by atomic mass is 10.2. The quantitative estimate of drug-likeness (QED) is 0.589. The van der Waals surface area contributed by atoms with Crippen LogP contribution in [0.15, 0.2) is 71.6 Å². The van der Waals surface area contributed by atoms with E-state index < -0.39 is 34.2 Å². The maximum absolute atomic E-state index is 13.6. The zero-order valence-corrected chi connectivity index (χ0v) is 16.7. The highest BCUT2D eigenvalue weighted by Crippen LogP contribution is 2.24. The van der Waals surface area contributed by atoms with Crippen LogP contribution in [0.2, 0.25) is 0 Å². The first-order valence-corrected chi connectivity index (χ1v) is 10.3. The Morgan fingerprint density at radius 3 is 2.43 bits per heavy atom. The summed E-state index contributed by atoms with van der Waals surface area (Å²) in [5.74, 6) is -1.88. The average Bonchev–Trinajstić information content (AvgIpc) is 2.70. The third kappa shape index (κ3) is 5.32. The van der Waals surface area contributed by atoms with Gasteiger partial charge in [-0.05, 0) is 55.0 Å². The van der Waals surface area contributed by atoms with Gasteiger partial charge in [0.25, 0.3) is 15.9 Å².